The van der Waals surface area contributed by atoms with Gasteiger partial charge in [0.25, 0.3) is 0 Å². The molecule has 5 heteroatoms. The van der Waals surface area contributed by atoms with Crippen LogP contribution in [0.4, 0.5) is 10.5 Å². The molecule has 0 saturated carbocycles. The van der Waals surface area contributed by atoms with Gasteiger partial charge in [-0.15, -0.1) is 0 Å². The van der Waals surface area contributed by atoms with Gasteiger partial charge in [-0.3, -0.25) is 0 Å². The number of hydrogen-bond acceptors (Lipinski definition) is 2. The van der Waals surface area contributed by atoms with Crippen molar-refractivity contribution in [1.82, 2.24) is 5.01 Å². The van der Waals surface area contributed by atoms with E-state index in [0.717, 1.165) is 23.3 Å². The van der Waals surface area contributed by atoms with Crippen molar-refractivity contribution in [3.8, 4) is 0 Å². The summed E-state index contributed by atoms with van der Waals surface area (Å²) in [6, 6.07) is 35.9. The zero-order valence-corrected chi connectivity index (χ0v) is 19.3. The van der Waals surface area contributed by atoms with Gasteiger partial charge in [0.2, 0.25) is 0 Å². The number of urea groups is 1. The molecule has 0 radical (unpaired) electrons. The normalized spacial score (nSPS) is 15.1. The molecule has 4 aromatic rings. The van der Waals surface area contributed by atoms with E-state index in [1.54, 1.807) is 24.3 Å². The Kier molecular flexibility index (Phi) is 6.41. The first-order chi connectivity index (χ1) is 16.7. The van der Waals surface area contributed by atoms with E-state index >= 15 is 0 Å². The van der Waals surface area contributed by atoms with E-state index in [9.17, 15) is 4.79 Å². The van der Waals surface area contributed by atoms with Gasteiger partial charge in [-0.05, 0) is 52.9 Å². The fraction of sp³-hybridized carbons (Fsp3) is 0.103. The van der Waals surface area contributed by atoms with Crippen LogP contribution in [0.3, 0.4) is 0 Å². The van der Waals surface area contributed by atoms with Gasteiger partial charge in [-0.25, -0.2) is 9.80 Å². The first-order valence-electron chi connectivity index (χ1n) is 11.3. The van der Waals surface area contributed by atoms with E-state index < -0.39 is 0 Å². The average Bonchev–Trinajstić information content (AvgIpc) is 3.33. The maximum Gasteiger partial charge on any atom is 0.342 e. The monoisotopic (exact) mass is 465 g/mol. The Morgan fingerprint density at radius 3 is 2.12 bits per heavy atom. The molecule has 5 rings (SSSR count). The molecule has 1 heterocycles. The number of benzene rings is 4. The lowest BCUT2D eigenvalue weighted by molar-refractivity contribution is 0.218. The number of anilines is 1. The minimum absolute atomic E-state index is 0.00265. The lowest BCUT2D eigenvalue weighted by Gasteiger charge is -2.16. The molecule has 168 valence electrons. The Hall–Kier alpha value is -3.89. The SMILES string of the molecule is O=C(Nc1ccc(Cl)cc1)N1CC(c2ccccc2)C(c2ccc(Cc3ccccc3)cc2)=N1. The predicted molar refractivity (Wildman–Crippen MR) is 139 cm³/mol. The van der Waals surface area contributed by atoms with Gasteiger partial charge in [-0.2, -0.15) is 5.10 Å². The number of carbonyl (C=O) groups is 1. The fourth-order valence-electron chi connectivity index (χ4n) is 4.18. The molecule has 1 aliphatic heterocycles. The Morgan fingerprint density at radius 1 is 0.824 bits per heavy atom. The third kappa shape index (κ3) is 5.03. The molecular formula is C29H24ClN3O. The molecule has 4 nitrogen and oxygen atoms in total. The summed E-state index contributed by atoms with van der Waals surface area (Å²) in [7, 11) is 0. The molecule has 1 unspecified atom stereocenters. The second kappa shape index (κ2) is 9.94. The van der Waals surface area contributed by atoms with Gasteiger partial charge < -0.3 is 5.32 Å². The summed E-state index contributed by atoms with van der Waals surface area (Å²) in [5, 5.41) is 9.81. The lowest BCUT2D eigenvalue weighted by Crippen LogP contribution is -2.30. The second-order valence-electron chi connectivity index (χ2n) is 8.33. The Morgan fingerprint density at radius 2 is 1.44 bits per heavy atom. The minimum atomic E-state index is -0.265. The van der Waals surface area contributed by atoms with E-state index in [4.69, 9.17) is 16.7 Å². The number of amides is 2. The number of halogens is 1. The van der Waals surface area contributed by atoms with Gasteiger partial charge in [0.15, 0.2) is 0 Å². The highest BCUT2D eigenvalue weighted by atomic mass is 35.5. The zero-order valence-electron chi connectivity index (χ0n) is 18.6. The van der Waals surface area contributed by atoms with Gasteiger partial charge in [0.05, 0.1) is 12.3 Å². The molecule has 0 saturated heterocycles. The Bertz CT molecular complexity index is 1290. The topological polar surface area (TPSA) is 44.7 Å². The molecule has 1 aliphatic rings. The molecule has 0 aromatic heterocycles. The molecule has 0 fully saturated rings. The molecule has 0 spiro atoms. The van der Waals surface area contributed by atoms with Crippen molar-refractivity contribution in [1.29, 1.82) is 0 Å². The van der Waals surface area contributed by atoms with Crippen molar-refractivity contribution in [2.24, 2.45) is 5.10 Å². The summed E-state index contributed by atoms with van der Waals surface area (Å²) in [6.45, 7) is 0.477. The number of hydrazone groups is 1. The van der Waals surface area contributed by atoms with Gasteiger partial charge in [0.1, 0.15) is 0 Å². The molecular weight excluding hydrogens is 442 g/mol. The third-order valence-electron chi connectivity index (χ3n) is 5.95. The van der Waals surface area contributed by atoms with E-state index in [1.165, 1.54) is 16.1 Å². The van der Waals surface area contributed by atoms with Crippen molar-refractivity contribution in [2.45, 2.75) is 12.3 Å². The largest absolute Gasteiger partial charge is 0.342 e. The minimum Gasteiger partial charge on any atom is -0.306 e. The highest BCUT2D eigenvalue weighted by molar-refractivity contribution is 6.30. The van der Waals surface area contributed by atoms with Crippen LogP contribution in [0.25, 0.3) is 0 Å². The third-order valence-corrected chi connectivity index (χ3v) is 6.20. The number of nitrogens with one attached hydrogen (secondary N) is 1. The zero-order chi connectivity index (χ0) is 23.3. The average molecular weight is 466 g/mol. The van der Waals surface area contributed by atoms with Crippen LogP contribution in [0.2, 0.25) is 5.02 Å². The number of rotatable bonds is 5. The van der Waals surface area contributed by atoms with Crippen molar-refractivity contribution >= 4 is 29.0 Å². The molecule has 1 N–H and O–H groups in total. The van der Waals surface area contributed by atoms with Gasteiger partial charge >= 0.3 is 6.03 Å². The van der Waals surface area contributed by atoms with Crippen LogP contribution in [0.15, 0.2) is 114 Å². The molecule has 0 aliphatic carbocycles. The van der Waals surface area contributed by atoms with Crippen LogP contribution in [0.1, 0.15) is 28.2 Å². The number of hydrogen-bond donors (Lipinski definition) is 1. The van der Waals surface area contributed by atoms with E-state index in [0.29, 0.717) is 17.3 Å². The molecule has 1 atom stereocenters. The first kappa shape index (κ1) is 21.9. The maximum atomic E-state index is 13.0. The molecule has 34 heavy (non-hydrogen) atoms. The van der Waals surface area contributed by atoms with Crippen LogP contribution in [-0.2, 0) is 6.42 Å². The van der Waals surface area contributed by atoms with Gasteiger partial charge in [0, 0.05) is 16.6 Å². The van der Waals surface area contributed by atoms with Crippen LogP contribution < -0.4 is 5.32 Å². The lowest BCUT2D eigenvalue weighted by atomic mass is 9.90. The first-order valence-corrected chi connectivity index (χ1v) is 11.6. The van der Waals surface area contributed by atoms with Crippen LogP contribution in [0.5, 0.6) is 0 Å². The van der Waals surface area contributed by atoms with Crippen LogP contribution in [0, 0.1) is 0 Å². The van der Waals surface area contributed by atoms with Crippen molar-refractivity contribution in [3.05, 3.63) is 136 Å². The van der Waals surface area contributed by atoms with Crippen molar-refractivity contribution in [2.75, 3.05) is 11.9 Å². The summed E-state index contributed by atoms with van der Waals surface area (Å²) in [5.41, 5.74) is 6.25. The van der Waals surface area contributed by atoms with E-state index in [2.05, 4.69) is 66.0 Å². The maximum absolute atomic E-state index is 13.0. The Balaban J connectivity index is 1.39. The highest BCUT2D eigenvalue weighted by Crippen LogP contribution is 2.29. The fourth-order valence-corrected chi connectivity index (χ4v) is 4.31. The smallest absolute Gasteiger partial charge is 0.306 e. The molecule has 0 bridgehead atoms. The standard InChI is InChI=1S/C29H24ClN3O/c30-25-15-17-26(18-16-25)31-29(34)33-20-27(23-9-5-2-6-10-23)28(32-33)24-13-11-22(12-14-24)19-21-7-3-1-4-8-21/h1-18,27H,19-20H2,(H,31,34). The summed E-state index contributed by atoms with van der Waals surface area (Å²) in [5.74, 6) is -0.00265. The number of carbonyl (C=O) groups excluding carboxylic acids is 1. The van der Waals surface area contributed by atoms with Crippen LogP contribution in [-0.4, -0.2) is 23.3 Å². The highest BCUT2D eigenvalue weighted by Gasteiger charge is 2.32. The second-order valence-corrected chi connectivity index (χ2v) is 8.76. The molecule has 2 amide bonds. The summed E-state index contributed by atoms with van der Waals surface area (Å²) in [6.07, 6.45) is 0.880. The van der Waals surface area contributed by atoms with Gasteiger partial charge in [-0.1, -0.05) is 96.5 Å². The van der Waals surface area contributed by atoms with E-state index in [1.807, 2.05) is 24.3 Å². The summed E-state index contributed by atoms with van der Waals surface area (Å²) < 4.78 is 0. The van der Waals surface area contributed by atoms with Crippen molar-refractivity contribution in [3.63, 3.8) is 0 Å². The van der Waals surface area contributed by atoms with Crippen molar-refractivity contribution < 1.29 is 4.79 Å². The molecule has 4 aromatic carbocycles. The quantitative estimate of drug-likeness (QED) is 0.340. The number of nitrogens with zero attached hydrogens (tertiary/aromatic N) is 2. The van der Waals surface area contributed by atoms with E-state index in [-0.39, 0.29) is 11.9 Å². The van der Waals surface area contributed by atoms with Crippen LogP contribution >= 0.6 is 11.6 Å². The predicted octanol–water partition coefficient (Wildman–Crippen LogP) is 6.97. The Labute approximate surface area is 204 Å². The summed E-state index contributed by atoms with van der Waals surface area (Å²) in [4.78, 5) is 13.0. The summed E-state index contributed by atoms with van der Waals surface area (Å²) >= 11 is 5.96.